The van der Waals surface area contributed by atoms with Crippen molar-refractivity contribution in [3.05, 3.63) is 33.8 Å². The molecule has 25 heavy (non-hydrogen) atoms. The zero-order chi connectivity index (χ0) is 18.0. The first-order chi connectivity index (χ1) is 12.0. The summed E-state index contributed by atoms with van der Waals surface area (Å²) < 4.78 is 4.75. The molecule has 0 aromatic heterocycles. The fourth-order valence-electron chi connectivity index (χ4n) is 3.25. The molecule has 0 aliphatic carbocycles. The van der Waals surface area contributed by atoms with Gasteiger partial charge in [0.25, 0.3) is 5.91 Å². The zero-order valence-corrected chi connectivity index (χ0v) is 15.1. The summed E-state index contributed by atoms with van der Waals surface area (Å²) in [7, 11) is 0. The number of hydrogen-bond acceptors (Lipinski definition) is 4. The predicted molar refractivity (Wildman–Crippen MR) is 92.6 cm³/mol. The Bertz CT molecular complexity index is 666. The number of benzene rings is 1. The van der Waals surface area contributed by atoms with E-state index in [1.54, 1.807) is 23.1 Å². The van der Waals surface area contributed by atoms with Crippen molar-refractivity contribution in [3.8, 4) is 0 Å². The third-order valence-corrected chi connectivity index (χ3v) is 5.33. The second-order valence-corrected chi connectivity index (χ2v) is 6.94. The molecule has 2 saturated heterocycles. The van der Waals surface area contributed by atoms with Crippen LogP contribution in [0.4, 0.5) is 4.79 Å². The largest absolute Gasteiger partial charge is 0.439 e. The summed E-state index contributed by atoms with van der Waals surface area (Å²) in [4.78, 5) is 38.7. The molecule has 0 radical (unpaired) electrons. The van der Waals surface area contributed by atoms with Crippen LogP contribution in [0.2, 0.25) is 10.0 Å². The number of amides is 3. The van der Waals surface area contributed by atoms with Gasteiger partial charge in [0.1, 0.15) is 0 Å². The number of carbonyl (C=O) groups is 3. The van der Waals surface area contributed by atoms with Gasteiger partial charge < -0.3 is 9.64 Å². The molecule has 6 nitrogen and oxygen atoms in total. The smallest absolute Gasteiger partial charge is 0.417 e. The first-order valence-electron chi connectivity index (χ1n) is 8.17. The van der Waals surface area contributed by atoms with Crippen molar-refractivity contribution in [2.24, 2.45) is 0 Å². The first kappa shape index (κ1) is 18.0. The summed E-state index contributed by atoms with van der Waals surface area (Å²) in [6.07, 6.45) is 1.36. The SMILES string of the molecule is O=C(CCc1c(Cl)cccc1Cl)N1CCC(N2C(=O)COC2=O)CC1. The van der Waals surface area contributed by atoms with Gasteiger partial charge in [-0.1, -0.05) is 29.3 Å². The minimum absolute atomic E-state index is 0.0183. The Labute approximate surface area is 155 Å². The minimum Gasteiger partial charge on any atom is -0.439 e. The molecular formula is C17H18Cl2N2O4. The number of halogens is 2. The van der Waals surface area contributed by atoms with Gasteiger partial charge in [-0.25, -0.2) is 9.69 Å². The monoisotopic (exact) mass is 384 g/mol. The van der Waals surface area contributed by atoms with Crippen molar-refractivity contribution in [1.82, 2.24) is 9.80 Å². The van der Waals surface area contributed by atoms with Crippen LogP contribution in [0.1, 0.15) is 24.8 Å². The molecule has 134 valence electrons. The Hall–Kier alpha value is -1.79. The van der Waals surface area contributed by atoms with Crippen molar-refractivity contribution in [2.75, 3.05) is 19.7 Å². The molecule has 8 heteroatoms. The van der Waals surface area contributed by atoms with Crippen molar-refractivity contribution in [1.29, 1.82) is 0 Å². The number of likely N-dealkylation sites (tertiary alicyclic amines) is 1. The highest BCUT2D eigenvalue weighted by Gasteiger charge is 2.38. The van der Waals surface area contributed by atoms with E-state index >= 15 is 0 Å². The van der Waals surface area contributed by atoms with Gasteiger partial charge in [-0.05, 0) is 37.0 Å². The van der Waals surface area contributed by atoms with Gasteiger partial charge in [0, 0.05) is 35.6 Å². The molecular weight excluding hydrogens is 367 g/mol. The Balaban J connectivity index is 1.52. The van der Waals surface area contributed by atoms with Crippen molar-refractivity contribution in [2.45, 2.75) is 31.7 Å². The maximum atomic E-state index is 12.4. The van der Waals surface area contributed by atoms with Crippen LogP contribution in [-0.4, -0.2) is 53.4 Å². The third kappa shape index (κ3) is 3.90. The second kappa shape index (κ2) is 7.62. The van der Waals surface area contributed by atoms with Crippen LogP contribution in [0.15, 0.2) is 18.2 Å². The molecule has 2 fully saturated rings. The number of ether oxygens (including phenoxy) is 1. The highest BCUT2D eigenvalue weighted by atomic mass is 35.5. The summed E-state index contributed by atoms with van der Waals surface area (Å²) in [5, 5.41) is 1.12. The van der Waals surface area contributed by atoms with E-state index in [1.165, 1.54) is 4.90 Å². The van der Waals surface area contributed by atoms with Crippen LogP contribution in [0.25, 0.3) is 0 Å². The molecule has 1 aromatic rings. The van der Waals surface area contributed by atoms with Crippen LogP contribution >= 0.6 is 23.2 Å². The summed E-state index contributed by atoms with van der Waals surface area (Å²) in [6.45, 7) is 0.838. The second-order valence-electron chi connectivity index (χ2n) is 6.13. The third-order valence-electron chi connectivity index (χ3n) is 4.62. The van der Waals surface area contributed by atoms with E-state index in [0.717, 1.165) is 5.56 Å². The number of cyclic esters (lactones) is 1. The molecule has 1 aromatic carbocycles. The molecule has 3 amide bonds. The maximum absolute atomic E-state index is 12.4. The van der Waals surface area contributed by atoms with E-state index in [-0.39, 0.29) is 24.5 Å². The lowest BCUT2D eigenvalue weighted by Crippen LogP contribution is -2.48. The van der Waals surface area contributed by atoms with Gasteiger partial charge in [-0.15, -0.1) is 0 Å². The van der Waals surface area contributed by atoms with Gasteiger partial charge in [0.05, 0.1) is 0 Å². The number of piperidine rings is 1. The minimum atomic E-state index is -0.580. The summed E-state index contributed by atoms with van der Waals surface area (Å²) in [5.41, 5.74) is 0.777. The molecule has 2 aliphatic heterocycles. The van der Waals surface area contributed by atoms with Crippen molar-refractivity contribution < 1.29 is 19.1 Å². The quantitative estimate of drug-likeness (QED) is 0.800. The van der Waals surface area contributed by atoms with Gasteiger partial charge in [0.15, 0.2) is 6.61 Å². The zero-order valence-electron chi connectivity index (χ0n) is 13.5. The highest BCUT2D eigenvalue weighted by molar-refractivity contribution is 6.36. The average Bonchev–Trinajstić information content (AvgIpc) is 2.93. The average molecular weight is 385 g/mol. The molecule has 0 atom stereocenters. The van der Waals surface area contributed by atoms with Crippen molar-refractivity contribution >= 4 is 41.1 Å². The molecule has 3 rings (SSSR count). The lowest BCUT2D eigenvalue weighted by atomic mass is 10.0. The van der Waals surface area contributed by atoms with Crippen molar-refractivity contribution in [3.63, 3.8) is 0 Å². The molecule has 0 spiro atoms. The van der Waals surface area contributed by atoms with E-state index in [1.807, 2.05) is 0 Å². The normalized spacial score (nSPS) is 18.6. The Morgan fingerprint density at radius 2 is 1.80 bits per heavy atom. The van der Waals surface area contributed by atoms with Crippen LogP contribution in [0, 0.1) is 0 Å². The van der Waals surface area contributed by atoms with Gasteiger partial charge >= 0.3 is 6.09 Å². The maximum Gasteiger partial charge on any atom is 0.417 e. The lowest BCUT2D eigenvalue weighted by molar-refractivity contribution is -0.133. The Morgan fingerprint density at radius 1 is 1.16 bits per heavy atom. The standard InChI is InChI=1S/C17H18Cl2N2O4/c18-13-2-1-3-14(19)12(13)4-5-15(22)20-8-6-11(7-9-20)21-16(23)10-25-17(21)24/h1-3,11H,4-10H2. The number of carbonyl (C=O) groups excluding carboxylic acids is 3. The van der Waals surface area contributed by atoms with Crippen LogP contribution < -0.4 is 0 Å². The molecule has 0 unspecified atom stereocenters. The van der Waals surface area contributed by atoms with Crippen LogP contribution in [0.3, 0.4) is 0 Å². The van der Waals surface area contributed by atoms with Crippen LogP contribution in [0.5, 0.6) is 0 Å². The van der Waals surface area contributed by atoms with E-state index < -0.39 is 6.09 Å². The fraction of sp³-hybridized carbons (Fsp3) is 0.471. The molecule has 0 N–H and O–H groups in total. The number of rotatable bonds is 4. The molecule has 2 aliphatic rings. The number of nitrogens with zero attached hydrogens (tertiary/aromatic N) is 2. The van der Waals surface area contributed by atoms with Crippen LogP contribution in [-0.2, 0) is 20.7 Å². The fourth-order valence-corrected chi connectivity index (χ4v) is 3.84. The number of hydrogen-bond donors (Lipinski definition) is 0. The van der Waals surface area contributed by atoms with E-state index in [9.17, 15) is 14.4 Å². The highest BCUT2D eigenvalue weighted by Crippen LogP contribution is 2.26. The molecule has 0 bridgehead atoms. The summed E-state index contributed by atoms with van der Waals surface area (Å²) >= 11 is 12.3. The molecule has 0 saturated carbocycles. The Kier molecular flexibility index (Phi) is 5.49. The summed E-state index contributed by atoms with van der Waals surface area (Å²) in [6, 6.07) is 5.09. The van der Waals surface area contributed by atoms with E-state index in [2.05, 4.69) is 0 Å². The van der Waals surface area contributed by atoms with E-state index in [4.69, 9.17) is 27.9 Å². The lowest BCUT2D eigenvalue weighted by Gasteiger charge is -2.34. The van der Waals surface area contributed by atoms with Gasteiger partial charge in [-0.2, -0.15) is 0 Å². The molecule has 2 heterocycles. The topological polar surface area (TPSA) is 66.9 Å². The first-order valence-corrected chi connectivity index (χ1v) is 8.92. The van der Waals surface area contributed by atoms with E-state index in [0.29, 0.717) is 48.8 Å². The number of imide groups is 1. The predicted octanol–water partition coefficient (Wildman–Crippen LogP) is 2.90. The van der Waals surface area contributed by atoms with Gasteiger partial charge in [0.2, 0.25) is 5.91 Å². The Morgan fingerprint density at radius 3 is 2.36 bits per heavy atom. The van der Waals surface area contributed by atoms with Gasteiger partial charge in [-0.3, -0.25) is 9.59 Å². The summed E-state index contributed by atoms with van der Waals surface area (Å²) in [5.74, 6) is -0.284.